The number of hydrogen-bond donors (Lipinski definition) is 0. The summed E-state index contributed by atoms with van der Waals surface area (Å²) < 4.78 is 0. The molecular weight excluding hydrogens is 180 g/mol. The van der Waals surface area contributed by atoms with Crippen molar-refractivity contribution in [3.8, 4) is 0 Å². The minimum atomic E-state index is 0.481. The van der Waals surface area contributed by atoms with Crippen LogP contribution in [-0.4, -0.2) is 0 Å². The van der Waals surface area contributed by atoms with Crippen molar-refractivity contribution < 1.29 is 0 Å². The van der Waals surface area contributed by atoms with E-state index in [0.29, 0.717) is 10.8 Å². The average molecular weight is 212 g/mol. The van der Waals surface area contributed by atoms with E-state index in [-0.39, 0.29) is 0 Å². The molecule has 0 saturated heterocycles. The van der Waals surface area contributed by atoms with Gasteiger partial charge in [-0.05, 0) is 23.2 Å². The number of rotatable bonds is 7. The van der Waals surface area contributed by atoms with Crippen LogP contribution in [0.3, 0.4) is 0 Å². The fourth-order valence-corrected chi connectivity index (χ4v) is 2.19. The van der Waals surface area contributed by atoms with Crippen LogP contribution in [0.1, 0.15) is 80.6 Å². The molecule has 0 aromatic heterocycles. The lowest BCUT2D eigenvalue weighted by Crippen LogP contribution is -2.34. The van der Waals surface area contributed by atoms with E-state index in [1.807, 2.05) is 0 Å². The van der Waals surface area contributed by atoms with Gasteiger partial charge >= 0.3 is 0 Å². The molecule has 0 aromatic rings. The first-order valence-corrected chi connectivity index (χ1v) is 6.83. The van der Waals surface area contributed by atoms with Crippen molar-refractivity contribution in [2.24, 2.45) is 16.7 Å². The predicted molar refractivity (Wildman–Crippen MR) is 71.2 cm³/mol. The molecule has 0 fully saturated rings. The van der Waals surface area contributed by atoms with Crippen molar-refractivity contribution in [2.45, 2.75) is 80.6 Å². The molecule has 0 saturated carbocycles. The zero-order valence-electron chi connectivity index (χ0n) is 12.1. The van der Waals surface area contributed by atoms with E-state index >= 15 is 0 Å². The Morgan fingerprint density at radius 3 is 1.80 bits per heavy atom. The van der Waals surface area contributed by atoms with Gasteiger partial charge < -0.3 is 0 Å². The fraction of sp³-hybridized carbons (Fsp3) is 1.00. The molecule has 0 amide bonds. The summed E-state index contributed by atoms with van der Waals surface area (Å²) in [5, 5.41) is 0. The third kappa shape index (κ3) is 3.81. The van der Waals surface area contributed by atoms with Gasteiger partial charge in [0.2, 0.25) is 0 Å². The van der Waals surface area contributed by atoms with Gasteiger partial charge in [0.05, 0.1) is 0 Å². The third-order valence-electron chi connectivity index (χ3n) is 5.18. The second-order valence-electron chi connectivity index (χ2n) is 6.20. The minimum Gasteiger partial charge on any atom is -0.0651 e. The summed E-state index contributed by atoms with van der Waals surface area (Å²) in [7, 11) is 0. The summed E-state index contributed by atoms with van der Waals surface area (Å²) >= 11 is 0. The lowest BCUT2D eigenvalue weighted by Gasteiger charge is -2.44. The molecule has 0 aliphatic heterocycles. The Morgan fingerprint density at radius 2 is 1.47 bits per heavy atom. The molecule has 0 radical (unpaired) electrons. The first-order chi connectivity index (χ1) is 6.83. The SMILES string of the molecule is CCC(C)CCC(C)(CC)C(C)(C)CC. The van der Waals surface area contributed by atoms with Crippen molar-refractivity contribution in [3.63, 3.8) is 0 Å². The molecule has 92 valence electrons. The van der Waals surface area contributed by atoms with Crippen molar-refractivity contribution >= 4 is 0 Å². The van der Waals surface area contributed by atoms with Gasteiger partial charge in [-0.1, -0.05) is 74.1 Å². The van der Waals surface area contributed by atoms with Crippen LogP contribution in [0.15, 0.2) is 0 Å². The van der Waals surface area contributed by atoms with Crippen molar-refractivity contribution in [1.82, 2.24) is 0 Å². The van der Waals surface area contributed by atoms with E-state index < -0.39 is 0 Å². The molecule has 0 heteroatoms. The van der Waals surface area contributed by atoms with Gasteiger partial charge in [0.1, 0.15) is 0 Å². The molecule has 0 aliphatic rings. The largest absolute Gasteiger partial charge is 0.0651 e. The zero-order chi connectivity index (χ0) is 12.1. The van der Waals surface area contributed by atoms with Gasteiger partial charge in [-0.15, -0.1) is 0 Å². The third-order valence-corrected chi connectivity index (χ3v) is 5.18. The Balaban J connectivity index is 4.44. The smallest absolute Gasteiger partial charge is 0.0277 e. The van der Waals surface area contributed by atoms with Crippen LogP contribution in [-0.2, 0) is 0 Å². The standard InChI is InChI=1S/C15H32/c1-8-13(4)11-12-15(7,10-3)14(5,6)9-2/h13H,8-12H2,1-7H3. The van der Waals surface area contributed by atoms with E-state index in [1.165, 1.54) is 32.1 Å². The highest BCUT2D eigenvalue weighted by Crippen LogP contribution is 2.47. The molecule has 0 rings (SSSR count). The maximum atomic E-state index is 2.48. The Hall–Kier alpha value is 0. The minimum absolute atomic E-state index is 0.481. The van der Waals surface area contributed by atoms with Gasteiger partial charge in [0.25, 0.3) is 0 Å². The monoisotopic (exact) mass is 212 g/mol. The summed E-state index contributed by atoms with van der Waals surface area (Å²) in [6.45, 7) is 16.7. The summed E-state index contributed by atoms with van der Waals surface area (Å²) in [5.74, 6) is 0.892. The van der Waals surface area contributed by atoms with E-state index in [9.17, 15) is 0 Å². The highest BCUT2D eigenvalue weighted by atomic mass is 14.4. The summed E-state index contributed by atoms with van der Waals surface area (Å²) in [6.07, 6.45) is 6.71. The molecule has 0 N–H and O–H groups in total. The van der Waals surface area contributed by atoms with Crippen LogP contribution in [0, 0.1) is 16.7 Å². The summed E-state index contributed by atoms with van der Waals surface area (Å²) in [5.41, 5.74) is 1.00. The summed E-state index contributed by atoms with van der Waals surface area (Å²) in [6, 6.07) is 0. The van der Waals surface area contributed by atoms with Crippen LogP contribution in [0.4, 0.5) is 0 Å². The molecule has 0 aliphatic carbocycles. The average Bonchev–Trinajstić information content (AvgIpc) is 2.24. The molecule has 2 atom stereocenters. The van der Waals surface area contributed by atoms with Crippen molar-refractivity contribution in [2.75, 3.05) is 0 Å². The predicted octanol–water partition coefficient (Wildman–Crippen LogP) is 5.67. The number of hydrogen-bond acceptors (Lipinski definition) is 0. The Labute approximate surface area is 97.8 Å². The Morgan fingerprint density at radius 1 is 0.933 bits per heavy atom. The normalized spacial score (nSPS) is 18.6. The van der Waals surface area contributed by atoms with Gasteiger partial charge in [0.15, 0.2) is 0 Å². The van der Waals surface area contributed by atoms with E-state index in [4.69, 9.17) is 0 Å². The van der Waals surface area contributed by atoms with Crippen LogP contribution in [0.25, 0.3) is 0 Å². The van der Waals surface area contributed by atoms with Crippen LogP contribution in [0.2, 0.25) is 0 Å². The van der Waals surface area contributed by atoms with E-state index in [2.05, 4.69) is 48.5 Å². The van der Waals surface area contributed by atoms with Crippen molar-refractivity contribution in [3.05, 3.63) is 0 Å². The zero-order valence-corrected chi connectivity index (χ0v) is 12.1. The maximum Gasteiger partial charge on any atom is -0.0277 e. The topological polar surface area (TPSA) is 0 Å². The maximum absolute atomic E-state index is 2.48. The first-order valence-electron chi connectivity index (χ1n) is 6.83. The molecule has 0 bridgehead atoms. The highest BCUT2D eigenvalue weighted by Gasteiger charge is 2.37. The molecule has 15 heavy (non-hydrogen) atoms. The van der Waals surface area contributed by atoms with Crippen LogP contribution >= 0.6 is 0 Å². The van der Waals surface area contributed by atoms with Gasteiger partial charge in [0, 0.05) is 0 Å². The molecule has 0 spiro atoms. The second kappa shape index (κ2) is 5.92. The van der Waals surface area contributed by atoms with Crippen LogP contribution in [0.5, 0.6) is 0 Å². The fourth-order valence-electron chi connectivity index (χ4n) is 2.19. The second-order valence-corrected chi connectivity index (χ2v) is 6.20. The van der Waals surface area contributed by atoms with E-state index in [1.54, 1.807) is 0 Å². The van der Waals surface area contributed by atoms with Gasteiger partial charge in [-0.25, -0.2) is 0 Å². The van der Waals surface area contributed by atoms with Gasteiger partial charge in [-0.2, -0.15) is 0 Å². The van der Waals surface area contributed by atoms with Gasteiger partial charge in [-0.3, -0.25) is 0 Å². The quantitative estimate of drug-likeness (QED) is 0.510. The first kappa shape index (κ1) is 15.0. The lowest BCUT2D eigenvalue weighted by atomic mass is 9.61. The highest BCUT2D eigenvalue weighted by molar-refractivity contribution is 4.87. The van der Waals surface area contributed by atoms with Crippen LogP contribution < -0.4 is 0 Å². The van der Waals surface area contributed by atoms with Crippen molar-refractivity contribution in [1.29, 1.82) is 0 Å². The Bertz CT molecular complexity index is 169. The molecule has 2 unspecified atom stereocenters. The molecule has 0 heterocycles. The summed E-state index contributed by atoms with van der Waals surface area (Å²) in [4.78, 5) is 0. The molecule has 0 nitrogen and oxygen atoms in total. The lowest BCUT2D eigenvalue weighted by molar-refractivity contribution is 0.0607. The Kier molecular flexibility index (Phi) is 5.92. The van der Waals surface area contributed by atoms with E-state index in [0.717, 1.165) is 5.92 Å². The molecule has 0 aromatic carbocycles. The molecular formula is C15H32.